The van der Waals surface area contributed by atoms with Gasteiger partial charge in [-0.2, -0.15) is 0 Å². The standard InChI is InChI=1S/C10H19N3O3/c1-2-3-8(11)10(15)12-5-4-9(14)16-13-6-7-13/h8H,2-7,11H2,1H3,(H,12,15). The summed E-state index contributed by atoms with van der Waals surface area (Å²) in [5, 5.41) is 4.17. The van der Waals surface area contributed by atoms with Crippen LogP contribution in [-0.2, 0) is 14.4 Å². The molecule has 1 aliphatic rings. The van der Waals surface area contributed by atoms with Crippen LogP contribution >= 0.6 is 0 Å². The van der Waals surface area contributed by atoms with E-state index in [1.54, 1.807) is 5.06 Å². The van der Waals surface area contributed by atoms with Crippen LogP contribution in [0, 0.1) is 0 Å². The maximum Gasteiger partial charge on any atom is 0.326 e. The predicted octanol–water partition coefficient (Wildman–Crippen LogP) is -0.606. The van der Waals surface area contributed by atoms with Crippen molar-refractivity contribution in [1.29, 1.82) is 0 Å². The summed E-state index contributed by atoms with van der Waals surface area (Å²) in [7, 11) is 0. The highest BCUT2D eigenvalue weighted by atomic mass is 16.7. The molecule has 92 valence electrons. The Morgan fingerprint density at radius 3 is 2.75 bits per heavy atom. The molecule has 0 aromatic rings. The van der Waals surface area contributed by atoms with Crippen LogP contribution in [0.3, 0.4) is 0 Å². The lowest BCUT2D eigenvalue weighted by molar-refractivity contribution is -0.165. The number of carbonyl (C=O) groups is 2. The number of nitrogens with zero attached hydrogens (tertiary/aromatic N) is 1. The van der Waals surface area contributed by atoms with E-state index in [9.17, 15) is 9.59 Å². The van der Waals surface area contributed by atoms with Gasteiger partial charge in [0.1, 0.15) is 0 Å². The highest BCUT2D eigenvalue weighted by Gasteiger charge is 2.22. The summed E-state index contributed by atoms with van der Waals surface area (Å²) >= 11 is 0. The molecule has 0 aromatic heterocycles. The molecule has 1 rings (SSSR count). The Hall–Kier alpha value is -1.14. The predicted molar refractivity (Wildman–Crippen MR) is 58.2 cm³/mol. The van der Waals surface area contributed by atoms with Crippen LogP contribution in [0.5, 0.6) is 0 Å². The van der Waals surface area contributed by atoms with E-state index in [1.165, 1.54) is 0 Å². The zero-order valence-corrected chi connectivity index (χ0v) is 9.57. The molecular formula is C10H19N3O3. The van der Waals surface area contributed by atoms with Crippen molar-refractivity contribution in [3.05, 3.63) is 0 Å². The Labute approximate surface area is 95.1 Å². The molecule has 6 heteroatoms. The Bertz CT molecular complexity index is 254. The van der Waals surface area contributed by atoms with Gasteiger partial charge in [-0.3, -0.25) is 9.59 Å². The molecule has 1 amide bonds. The van der Waals surface area contributed by atoms with E-state index in [4.69, 9.17) is 10.6 Å². The van der Waals surface area contributed by atoms with Crippen molar-refractivity contribution in [3.8, 4) is 0 Å². The van der Waals surface area contributed by atoms with Crippen LogP contribution < -0.4 is 11.1 Å². The lowest BCUT2D eigenvalue weighted by Gasteiger charge is -2.10. The molecule has 0 radical (unpaired) electrons. The third-order valence-electron chi connectivity index (χ3n) is 2.20. The summed E-state index contributed by atoms with van der Waals surface area (Å²) in [5.74, 6) is -0.525. The van der Waals surface area contributed by atoms with Crippen LogP contribution in [0.2, 0.25) is 0 Å². The summed E-state index contributed by atoms with van der Waals surface area (Å²) in [4.78, 5) is 27.3. The number of amides is 1. The Morgan fingerprint density at radius 2 is 2.19 bits per heavy atom. The third-order valence-corrected chi connectivity index (χ3v) is 2.20. The lowest BCUT2D eigenvalue weighted by atomic mass is 10.2. The largest absolute Gasteiger partial charge is 0.368 e. The van der Waals surface area contributed by atoms with Crippen molar-refractivity contribution >= 4 is 11.9 Å². The van der Waals surface area contributed by atoms with Gasteiger partial charge in [0, 0.05) is 6.54 Å². The van der Waals surface area contributed by atoms with E-state index in [-0.39, 0.29) is 24.8 Å². The Balaban J connectivity index is 2.04. The van der Waals surface area contributed by atoms with Crippen molar-refractivity contribution in [2.45, 2.75) is 32.2 Å². The van der Waals surface area contributed by atoms with Gasteiger partial charge in [0.2, 0.25) is 5.91 Å². The maximum absolute atomic E-state index is 11.4. The van der Waals surface area contributed by atoms with Crippen LogP contribution in [0.4, 0.5) is 0 Å². The SMILES string of the molecule is CCCC(N)C(=O)NCCC(=O)ON1CC1. The zero-order valence-electron chi connectivity index (χ0n) is 9.57. The van der Waals surface area contributed by atoms with Crippen LogP contribution in [0.1, 0.15) is 26.2 Å². The summed E-state index contributed by atoms with van der Waals surface area (Å²) in [6, 6.07) is -0.479. The molecule has 1 fully saturated rings. The van der Waals surface area contributed by atoms with E-state index < -0.39 is 6.04 Å². The van der Waals surface area contributed by atoms with Crippen molar-refractivity contribution < 1.29 is 14.4 Å². The molecule has 0 spiro atoms. The molecule has 0 aromatic carbocycles. The van der Waals surface area contributed by atoms with E-state index in [1.807, 2.05) is 6.92 Å². The molecule has 0 saturated carbocycles. The normalized spacial score (nSPS) is 16.6. The van der Waals surface area contributed by atoms with Gasteiger partial charge in [0.15, 0.2) is 0 Å². The molecule has 16 heavy (non-hydrogen) atoms. The molecule has 1 atom stereocenters. The highest BCUT2D eigenvalue weighted by molar-refractivity contribution is 5.81. The first kappa shape index (κ1) is 12.9. The number of nitrogens with two attached hydrogens (primary N) is 1. The van der Waals surface area contributed by atoms with Crippen molar-refractivity contribution in [2.24, 2.45) is 5.73 Å². The fourth-order valence-corrected chi connectivity index (χ4v) is 1.18. The molecule has 1 saturated heterocycles. The fourth-order valence-electron chi connectivity index (χ4n) is 1.18. The lowest BCUT2D eigenvalue weighted by Crippen LogP contribution is -2.41. The summed E-state index contributed by atoms with van der Waals surface area (Å²) < 4.78 is 0. The van der Waals surface area contributed by atoms with Gasteiger partial charge in [-0.25, -0.2) is 0 Å². The number of hydroxylamine groups is 2. The molecule has 6 nitrogen and oxygen atoms in total. The first-order valence-electron chi connectivity index (χ1n) is 5.62. The number of hydrogen-bond acceptors (Lipinski definition) is 5. The maximum atomic E-state index is 11.4. The van der Waals surface area contributed by atoms with Gasteiger partial charge in [0.25, 0.3) is 0 Å². The van der Waals surface area contributed by atoms with E-state index >= 15 is 0 Å². The topological polar surface area (TPSA) is 84.4 Å². The van der Waals surface area contributed by atoms with Gasteiger partial charge in [-0.15, -0.1) is 5.06 Å². The second-order valence-corrected chi connectivity index (χ2v) is 3.83. The molecule has 0 bridgehead atoms. The van der Waals surface area contributed by atoms with E-state index in [0.29, 0.717) is 6.42 Å². The van der Waals surface area contributed by atoms with Crippen LogP contribution in [0.25, 0.3) is 0 Å². The Kier molecular flexibility index (Phi) is 5.21. The molecule has 3 N–H and O–H groups in total. The average Bonchev–Trinajstić information content (AvgIpc) is 3.01. The van der Waals surface area contributed by atoms with Gasteiger partial charge < -0.3 is 15.9 Å². The highest BCUT2D eigenvalue weighted by Crippen LogP contribution is 2.04. The molecule has 1 heterocycles. The Morgan fingerprint density at radius 1 is 1.50 bits per heavy atom. The molecular weight excluding hydrogens is 210 g/mol. The summed E-state index contributed by atoms with van der Waals surface area (Å²) in [5.41, 5.74) is 5.60. The van der Waals surface area contributed by atoms with E-state index in [0.717, 1.165) is 19.5 Å². The molecule has 0 aliphatic carbocycles. The van der Waals surface area contributed by atoms with Gasteiger partial charge in [-0.1, -0.05) is 13.3 Å². The summed E-state index contributed by atoms with van der Waals surface area (Å²) in [6.07, 6.45) is 1.71. The van der Waals surface area contributed by atoms with Crippen molar-refractivity contribution in [3.63, 3.8) is 0 Å². The monoisotopic (exact) mass is 229 g/mol. The second kappa shape index (κ2) is 6.44. The molecule has 1 unspecified atom stereocenters. The number of rotatable bonds is 7. The fraction of sp³-hybridized carbons (Fsp3) is 0.800. The van der Waals surface area contributed by atoms with Crippen LogP contribution in [0.15, 0.2) is 0 Å². The minimum atomic E-state index is -0.479. The second-order valence-electron chi connectivity index (χ2n) is 3.83. The van der Waals surface area contributed by atoms with E-state index in [2.05, 4.69) is 5.32 Å². The molecule has 1 aliphatic heterocycles. The van der Waals surface area contributed by atoms with Gasteiger partial charge >= 0.3 is 5.97 Å². The van der Waals surface area contributed by atoms with Gasteiger partial charge in [-0.05, 0) is 6.42 Å². The third kappa shape index (κ3) is 5.09. The number of hydrogen-bond donors (Lipinski definition) is 2. The first-order chi connectivity index (χ1) is 7.63. The van der Waals surface area contributed by atoms with Crippen molar-refractivity contribution in [1.82, 2.24) is 10.4 Å². The quantitative estimate of drug-likeness (QED) is 0.569. The number of nitrogens with one attached hydrogen (secondary N) is 1. The minimum Gasteiger partial charge on any atom is -0.368 e. The minimum absolute atomic E-state index is 0.182. The smallest absolute Gasteiger partial charge is 0.326 e. The van der Waals surface area contributed by atoms with Crippen LogP contribution in [-0.4, -0.2) is 42.6 Å². The number of carbonyl (C=O) groups excluding carboxylic acids is 2. The van der Waals surface area contributed by atoms with Gasteiger partial charge in [0.05, 0.1) is 25.6 Å². The average molecular weight is 229 g/mol. The van der Waals surface area contributed by atoms with Crippen molar-refractivity contribution in [2.75, 3.05) is 19.6 Å². The zero-order chi connectivity index (χ0) is 12.0. The first-order valence-corrected chi connectivity index (χ1v) is 5.62. The summed E-state index contributed by atoms with van der Waals surface area (Å²) in [6.45, 7) is 3.86.